The Morgan fingerprint density at radius 3 is 2.47 bits per heavy atom. The molecule has 0 radical (unpaired) electrons. The number of halogens is 2. The van der Waals surface area contributed by atoms with E-state index >= 15 is 0 Å². The first-order valence-corrected chi connectivity index (χ1v) is 4.82. The van der Waals surface area contributed by atoms with Crippen LogP contribution >= 0.6 is 12.6 Å². The van der Waals surface area contributed by atoms with Crippen molar-refractivity contribution in [2.24, 2.45) is 0 Å². The zero-order valence-electron chi connectivity index (χ0n) is 7.69. The summed E-state index contributed by atoms with van der Waals surface area (Å²) in [5.74, 6) is -2.12. The van der Waals surface area contributed by atoms with E-state index in [1.807, 2.05) is 0 Å². The lowest BCUT2D eigenvalue weighted by Crippen LogP contribution is -2.22. The minimum atomic E-state index is -1.68. The van der Waals surface area contributed by atoms with Gasteiger partial charge in [-0.1, -0.05) is 0 Å². The van der Waals surface area contributed by atoms with Gasteiger partial charge in [-0.05, 0) is 12.1 Å². The summed E-state index contributed by atoms with van der Waals surface area (Å²) in [6, 6.07) is 1.98. The highest BCUT2D eigenvalue weighted by atomic mass is 32.1. The lowest BCUT2D eigenvalue weighted by atomic mass is 10.0. The molecule has 0 aromatic heterocycles. The van der Waals surface area contributed by atoms with Gasteiger partial charge in [-0.2, -0.15) is 12.6 Å². The van der Waals surface area contributed by atoms with Crippen molar-refractivity contribution < 1.29 is 19.0 Å². The first kappa shape index (κ1) is 12.2. The number of hydrogen-bond acceptors (Lipinski definition) is 4. The third-order valence-corrected chi connectivity index (χ3v) is 2.38. The van der Waals surface area contributed by atoms with Crippen LogP contribution in [0.4, 0.5) is 14.5 Å². The first-order valence-electron chi connectivity index (χ1n) is 4.19. The second kappa shape index (κ2) is 4.78. The molecule has 0 saturated carbocycles. The maximum Gasteiger partial charge on any atom is 0.154 e. The number of nitrogen functional groups attached to an aromatic ring is 1. The Kier molecular flexibility index (Phi) is 3.90. The SMILES string of the molecule is Nc1ccc(F)c(C(O)C(O)CS)c1F. The smallest absolute Gasteiger partial charge is 0.154 e. The highest BCUT2D eigenvalue weighted by Crippen LogP contribution is 2.27. The monoisotopic (exact) mass is 235 g/mol. The van der Waals surface area contributed by atoms with E-state index in [2.05, 4.69) is 12.6 Å². The van der Waals surface area contributed by atoms with Gasteiger partial charge < -0.3 is 15.9 Å². The molecule has 4 N–H and O–H groups in total. The summed E-state index contributed by atoms with van der Waals surface area (Å²) in [5.41, 5.74) is 4.31. The van der Waals surface area contributed by atoms with Gasteiger partial charge in [0.2, 0.25) is 0 Å². The Bertz CT molecular complexity index is 362. The lowest BCUT2D eigenvalue weighted by molar-refractivity contribution is 0.0291. The number of benzene rings is 1. The maximum atomic E-state index is 13.3. The van der Waals surface area contributed by atoms with Crippen molar-refractivity contribution in [3.8, 4) is 0 Å². The second-order valence-electron chi connectivity index (χ2n) is 3.06. The largest absolute Gasteiger partial charge is 0.396 e. The van der Waals surface area contributed by atoms with Gasteiger partial charge >= 0.3 is 0 Å². The topological polar surface area (TPSA) is 66.5 Å². The highest BCUT2D eigenvalue weighted by Gasteiger charge is 2.25. The molecule has 1 aromatic carbocycles. The van der Waals surface area contributed by atoms with E-state index in [0.717, 1.165) is 12.1 Å². The van der Waals surface area contributed by atoms with Gasteiger partial charge in [0.15, 0.2) is 5.82 Å². The highest BCUT2D eigenvalue weighted by molar-refractivity contribution is 7.80. The number of aliphatic hydroxyl groups is 2. The van der Waals surface area contributed by atoms with Crippen LogP contribution in [0.25, 0.3) is 0 Å². The third kappa shape index (κ3) is 2.39. The fourth-order valence-electron chi connectivity index (χ4n) is 1.15. The molecule has 0 aliphatic rings. The molecular weight excluding hydrogens is 224 g/mol. The van der Waals surface area contributed by atoms with Crippen LogP contribution in [0.1, 0.15) is 11.7 Å². The van der Waals surface area contributed by atoms with E-state index in [1.54, 1.807) is 0 Å². The van der Waals surface area contributed by atoms with Gasteiger partial charge in [-0.25, -0.2) is 8.78 Å². The van der Waals surface area contributed by atoms with Gasteiger partial charge in [-0.15, -0.1) is 0 Å². The summed E-state index contributed by atoms with van der Waals surface area (Å²) < 4.78 is 26.5. The van der Waals surface area contributed by atoms with E-state index < -0.39 is 29.4 Å². The van der Waals surface area contributed by atoms with Gasteiger partial charge in [0.05, 0.1) is 17.4 Å². The summed E-state index contributed by atoms with van der Waals surface area (Å²) in [5, 5.41) is 18.7. The molecule has 0 bridgehead atoms. The fraction of sp³-hybridized carbons (Fsp3) is 0.333. The van der Waals surface area contributed by atoms with Crippen LogP contribution in [0.3, 0.4) is 0 Å². The number of thiol groups is 1. The normalized spacial score (nSPS) is 15.0. The summed E-state index contributed by atoms with van der Waals surface area (Å²) >= 11 is 3.71. The Hall–Kier alpha value is -0.850. The van der Waals surface area contributed by atoms with E-state index in [0.29, 0.717) is 0 Å². The summed E-state index contributed by atoms with van der Waals surface area (Å²) in [6.45, 7) is 0. The van der Waals surface area contributed by atoms with Crippen molar-refractivity contribution in [3.05, 3.63) is 29.3 Å². The molecule has 0 amide bonds. The molecule has 0 aliphatic carbocycles. The molecule has 2 unspecified atom stereocenters. The Morgan fingerprint density at radius 2 is 1.93 bits per heavy atom. The zero-order valence-corrected chi connectivity index (χ0v) is 8.59. The number of hydrogen-bond donors (Lipinski definition) is 4. The van der Waals surface area contributed by atoms with Crippen LogP contribution in [-0.2, 0) is 0 Å². The molecule has 1 aromatic rings. The minimum absolute atomic E-state index is 0.116. The number of aliphatic hydroxyl groups excluding tert-OH is 2. The van der Waals surface area contributed by atoms with E-state index in [1.165, 1.54) is 0 Å². The van der Waals surface area contributed by atoms with Crippen LogP contribution in [0.5, 0.6) is 0 Å². The molecule has 15 heavy (non-hydrogen) atoms. The van der Waals surface area contributed by atoms with Crippen LogP contribution in [-0.4, -0.2) is 22.1 Å². The van der Waals surface area contributed by atoms with Crippen LogP contribution in [0.2, 0.25) is 0 Å². The van der Waals surface area contributed by atoms with E-state index in [-0.39, 0.29) is 11.4 Å². The van der Waals surface area contributed by atoms with Crippen LogP contribution in [0, 0.1) is 11.6 Å². The average molecular weight is 235 g/mol. The molecule has 0 heterocycles. The summed E-state index contributed by atoms with van der Waals surface area (Å²) in [6.07, 6.45) is -3.02. The van der Waals surface area contributed by atoms with Gasteiger partial charge in [0.1, 0.15) is 11.9 Å². The van der Waals surface area contributed by atoms with Crippen LogP contribution in [0.15, 0.2) is 12.1 Å². The Balaban J connectivity index is 3.18. The molecule has 0 spiro atoms. The van der Waals surface area contributed by atoms with Gasteiger partial charge in [0.25, 0.3) is 0 Å². The van der Waals surface area contributed by atoms with Crippen LogP contribution < -0.4 is 5.73 Å². The van der Waals surface area contributed by atoms with Crippen molar-refractivity contribution in [2.45, 2.75) is 12.2 Å². The molecule has 2 atom stereocenters. The van der Waals surface area contributed by atoms with Crippen molar-refractivity contribution in [1.29, 1.82) is 0 Å². The maximum absolute atomic E-state index is 13.3. The van der Waals surface area contributed by atoms with E-state index in [9.17, 15) is 19.0 Å². The molecule has 0 saturated heterocycles. The average Bonchev–Trinajstić information content (AvgIpc) is 2.22. The molecule has 84 valence electrons. The zero-order chi connectivity index (χ0) is 11.6. The lowest BCUT2D eigenvalue weighted by Gasteiger charge is -2.18. The predicted octanol–water partition coefficient (Wildman–Crippen LogP) is 0.871. The number of nitrogens with two attached hydrogens (primary N) is 1. The Morgan fingerprint density at radius 1 is 1.33 bits per heavy atom. The number of rotatable bonds is 3. The summed E-state index contributed by atoms with van der Waals surface area (Å²) in [7, 11) is 0. The van der Waals surface area contributed by atoms with Gasteiger partial charge in [-0.3, -0.25) is 0 Å². The second-order valence-corrected chi connectivity index (χ2v) is 3.42. The van der Waals surface area contributed by atoms with Crippen molar-refractivity contribution in [3.63, 3.8) is 0 Å². The van der Waals surface area contributed by atoms with Crippen molar-refractivity contribution in [1.82, 2.24) is 0 Å². The van der Waals surface area contributed by atoms with Crippen molar-refractivity contribution in [2.75, 3.05) is 11.5 Å². The molecule has 6 heteroatoms. The molecular formula is C9H11F2NO2S. The Labute approximate surface area is 90.9 Å². The molecule has 1 rings (SSSR count). The van der Waals surface area contributed by atoms with Gasteiger partial charge in [0, 0.05) is 5.75 Å². The van der Waals surface area contributed by atoms with E-state index in [4.69, 9.17) is 5.73 Å². The molecule has 0 fully saturated rings. The van der Waals surface area contributed by atoms with Crippen molar-refractivity contribution >= 4 is 18.3 Å². The predicted molar refractivity (Wildman–Crippen MR) is 55.6 cm³/mol. The third-order valence-electron chi connectivity index (χ3n) is 2.00. The number of anilines is 1. The first-order chi connectivity index (χ1) is 6.99. The fourth-order valence-corrected chi connectivity index (χ4v) is 1.35. The minimum Gasteiger partial charge on any atom is -0.396 e. The molecule has 3 nitrogen and oxygen atoms in total. The standard InChI is InChI=1S/C9H11F2NO2S/c10-4-1-2-5(12)8(11)7(4)9(14)6(13)3-15/h1-2,6,9,13-15H,3,12H2. The molecule has 0 aliphatic heterocycles. The quantitative estimate of drug-likeness (QED) is 0.464. The summed E-state index contributed by atoms with van der Waals surface area (Å²) in [4.78, 5) is 0.